The molecule has 0 amide bonds. The van der Waals surface area contributed by atoms with Crippen molar-refractivity contribution in [2.45, 2.75) is 33.7 Å². The molecular weight excluding hydrogens is 392 g/mol. The summed E-state index contributed by atoms with van der Waals surface area (Å²) >= 11 is 0. The zero-order valence-corrected chi connectivity index (χ0v) is 18.6. The summed E-state index contributed by atoms with van der Waals surface area (Å²) in [5, 5.41) is 0. The molecule has 0 saturated heterocycles. The van der Waals surface area contributed by atoms with Gasteiger partial charge in [0.15, 0.2) is 6.61 Å². The van der Waals surface area contributed by atoms with Gasteiger partial charge in [0, 0.05) is 29.6 Å². The largest absolute Gasteiger partial charge is 0.454 e. The van der Waals surface area contributed by atoms with Crippen LogP contribution in [0.15, 0.2) is 48.5 Å². The van der Waals surface area contributed by atoms with Gasteiger partial charge in [-0.1, -0.05) is 30.3 Å². The second kappa shape index (κ2) is 9.71. The Morgan fingerprint density at radius 3 is 2.39 bits per heavy atom. The molecule has 6 nitrogen and oxygen atoms in total. The van der Waals surface area contributed by atoms with Gasteiger partial charge in [-0.2, -0.15) is 0 Å². The van der Waals surface area contributed by atoms with E-state index in [0.717, 1.165) is 22.6 Å². The third kappa shape index (κ3) is 4.91. The lowest BCUT2D eigenvalue weighted by Crippen LogP contribution is -2.17. The van der Waals surface area contributed by atoms with Crippen LogP contribution in [0, 0.1) is 20.8 Å². The number of pyridine rings is 1. The van der Waals surface area contributed by atoms with Crippen LogP contribution < -0.4 is 0 Å². The van der Waals surface area contributed by atoms with Gasteiger partial charge < -0.3 is 14.0 Å². The Hall–Kier alpha value is -3.25. The van der Waals surface area contributed by atoms with Gasteiger partial charge in [-0.05, 0) is 45.9 Å². The minimum atomic E-state index is -0.556. The molecular formula is C25H28N2O4. The summed E-state index contributed by atoms with van der Waals surface area (Å²) in [6, 6.07) is 15.1. The van der Waals surface area contributed by atoms with Crippen LogP contribution >= 0.6 is 0 Å². The molecule has 0 N–H and O–H groups in total. The van der Waals surface area contributed by atoms with Crippen molar-refractivity contribution in [1.82, 2.24) is 9.55 Å². The average molecular weight is 421 g/mol. The van der Waals surface area contributed by atoms with Crippen molar-refractivity contribution in [3.05, 3.63) is 76.7 Å². The smallest absolute Gasteiger partial charge is 0.340 e. The van der Waals surface area contributed by atoms with E-state index in [2.05, 4.69) is 9.55 Å². The van der Waals surface area contributed by atoms with E-state index < -0.39 is 5.97 Å². The van der Waals surface area contributed by atoms with E-state index in [0.29, 0.717) is 23.4 Å². The molecule has 0 aliphatic rings. The third-order valence-corrected chi connectivity index (χ3v) is 5.34. The van der Waals surface area contributed by atoms with Crippen LogP contribution in [0.4, 0.5) is 0 Å². The van der Waals surface area contributed by atoms with Crippen LogP contribution in [0.25, 0.3) is 11.3 Å². The van der Waals surface area contributed by atoms with Crippen LogP contribution in [-0.2, 0) is 9.47 Å². The minimum Gasteiger partial charge on any atom is -0.454 e. The molecule has 0 radical (unpaired) electrons. The van der Waals surface area contributed by atoms with Crippen molar-refractivity contribution in [2.75, 3.05) is 20.3 Å². The molecule has 162 valence electrons. The van der Waals surface area contributed by atoms with Crippen molar-refractivity contribution in [3.8, 4) is 11.3 Å². The van der Waals surface area contributed by atoms with E-state index in [-0.39, 0.29) is 18.4 Å². The predicted molar refractivity (Wildman–Crippen MR) is 120 cm³/mol. The fourth-order valence-electron chi connectivity index (χ4n) is 3.89. The summed E-state index contributed by atoms with van der Waals surface area (Å²) in [6.45, 7) is 7.87. The summed E-state index contributed by atoms with van der Waals surface area (Å²) < 4.78 is 12.6. The van der Waals surface area contributed by atoms with Gasteiger partial charge in [0.1, 0.15) is 0 Å². The third-order valence-electron chi connectivity index (χ3n) is 5.34. The predicted octanol–water partition coefficient (Wildman–Crippen LogP) is 4.72. The SMILES string of the molecule is COCC(C)n1c(C)cc(C(=O)COC(=O)c2ccc(-c3ccccc3)nc2C)c1C. The van der Waals surface area contributed by atoms with Crippen molar-refractivity contribution < 1.29 is 19.1 Å². The van der Waals surface area contributed by atoms with Crippen molar-refractivity contribution >= 4 is 11.8 Å². The van der Waals surface area contributed by atoms with Crippen LogP contribution in [0.5, 0.6) is 0 Å². The van der Waals surface area contributed by atoms with E-state index in [1.54, 1.807) is 26.2 Å². The molecule has 2 aromatic heterocycles. The van der Waals surface area contributed by atoms with E-state index in [9.17, 15) is 9.59 Å². The molecule has 0 saturated carbocycles. The second-order valence-electron chi connectivity index (χ2n) is 7.65. The van der Waals surface area contributed by atoms with Crippen LogP contribution in [0.2, 0.25) is 0 Å². The Morgan fingerprint density at radius 1 is 1.03 bits per heavy atom. The van der Waals surface area contributed by atoms with Gasteiger partial charge in [0.25, 0.3) is 0 Å². The number of ether oxygens (including phenoxy) is 2. The number of ketones is 1. The maximum absolute atomic E-state index is 12.7. The summed E-state index contributed by atoms with van der Waals surface area (Å²) in [7, 11) is 1.65. The van der Waals surface area contributed by atoms with E-state index in [1.165, 1.54) is 0 Å². The van der Waals surface area contributed by atoms with E-state index >= 15 is 0 Å². The summed E-state index contributed by atoms with van der Waals surface area (Å²) in [4.78, 5) is 29.8. The highest BCUT2D eigenvalue weighted by Crippen LogP contribution is 2.22. The summed E-state index contributed by atoms with van der Waals surface area (Å²) in [5.41, 5.74) is 5.03. The number of aromatic nitrogens is 2. The number of carbonyl (C=O) groups excluding carboxylic acids is 2. The molecule has 0 aliphatic carbocycles. The maximum Gasteiger partial charge on any atom is 0.340 e. The first-order valence-electron chi connectivity index (χ1n) is 10.2. The molecule has 0 spiro atoms. The number of Topliss-reactive ketones (excluding diaryl/α,β-unsaturated/α-hetero) is 1. The van der Waals surface area contributed by atoms with Crippen LogP contribution in [0.3, 0.4) is 0 Å². The molecule has 0 bridgehead atoms. The van der Waals surface area contributed by atoms with Gasteiger partial charge in [-0.3, -0.25) is 9.78 Å². The number of benzene rings is 1. The molecule has 1 atom stereocenters. The number of methoxy groups -OCH3 is 1. The van der Waals surface area contributed by atoms with Gasteiger partial charge in [-0.25, -0.2) is 4.79 Å². The Labute approximate surface area is 182 Å². The lowest BCUT2D eigenvalue weighted by molar-refractivity contribution is 0.0473. The molecule has 0 fully saturated rings. The second-order valence-corrected chi connectivity index (χ2v) is 7.65. The lowest BCUT2D eigenvalue weighted by Gasteiger charge is -2.17. The number of rotatable bonds is 8. The first-order valence-corrected chi connectivity index (χ1v) is 10.2. The number of aryl methyl sites for hydroxylation is 2. The monoisotopic (exact) mass is 420 g/mol. The zero-order valence-electron chi connectivity index (χ0n) is 18.6. The van der Waals surface area contributed by atoms with Crippen LogP contribution in [-0.4, -0.2) is 41.6 Å². The standard InChI is InChI=1S/C25H28N2O4/c1-16-13-22(19(4)27(16)17(2)14-30-5)24(28)15-31-25(29)21-11-12-23(26-18(21)3)20-9-7-6-8-10-20/h6-13,17H,14-15H2,1-5H3. The van der Waals surface area contributed by atoms with Gasteiger partial charge in [0.05, 0.1) is 29.6 Å². The Bertz CT molecular complexity index is 1090. The van der Waals surface area contributed by atoms with Crippen molar-refractivity contribution in [2.24, 2.45) is 0 Å². The number of carbonyl (C=O) groups is 2. The number of hydrogen-bond donors (Lipinski definition) is 0. The Morgan fingerprint density at radius 2 is 1.74 bits per heavy atom. The number of hydrogen-bond acceptors (Lipinski definition) is 5. The fraction of sp³-hybridized carbons (Fsp3) is 0.320. The molecule has 31 heavy (non-hydrogen) atoms. The molecule has 3 rings (SSSR count). The van der Waals surface area contributed by atoms with Crippen LogP contribution in [0.1, 0.15) is 50.8 Å². The number of nitrogens with zero attached hydrogens (tertiary/aromatic N) is 2. The Balaban J connectivity index is 1.70. The highest BCUT2D eigenvalue weighted by molar-refractivity contribution is 6.00. The highest BCUT2D eigenvalue weighted by atomic mass is 16.5. The topological polar surface area (TPSA) is 70.4 Å². The molecule has 3 aromatic rings. The minimum absolute atomic E-state index is 0.103. The van der Waals surface area contributed by atoms with Gasteiger partial charge >= 0.3 is 5.97 Å². The van der Waals surface area contributed by atoms with E-state index in [4.69, 9.17) is 9.47 Å². The molecule has 1 aromatic carbocycles. The lowest BCUT2D eigenvalue weighted by atomic mass is 10.1. The highest BCUT2D eigenvalue weighted by Gasteiger charge is 2.21. The first-order chi connectivity index (χ1) is 14.8. The summed E-state index contributed by atoms with van der Waals surface area (Å²) in [5.74, 6) is -0.789. The summed E-state index contributed by atoms with van der Waals surface area (Å²) in [6.07, 6.45) is 0. The zero-order chi connectivity index (χ0) is 22.5. The molecule has 2 heterocycles. The molecule has 6 heteroatoms. The Kier molecular flexibility index (Phi) is 7.02. The molecule has 0 aliphatic heterocycles. The average Bonchev–Trinajstić information content (AvgIpc) is 3.06. The maximum atomic E-state index is 12.7. The fourth-order valence-corrected chi connectivity index (χ4v) is 3.89. The van der Waals surface area contributed by atoms with Gasteiger partial charge in [-0.15, -0.1) is 0 Å². The quantitative estimate of drug-likeness (QED) is 0.389. The molecule has 1 unspecified atom stereocenters. The van der Waals surface area contributed by atoms with Crippen molar-refractivity contribution in [3.63, 3.8) is 0 Å². The number of esters is 1. The van der Waals surface area contributed by atoms with E-state index in [1.807, 2.05) is 57.2 Å². The van der Waals surface area contributed by atoms with Gasteiger partial charge in [0.2, 0.25) is 5.78 Å². The first kappa shape index (κ1) is 22.4. The normalized spacial score (nSPS) is 11.9. The van der Waals surface area contributed by atoms with Crippen molar-refractivity contribution in [1.29, 1.82) is 0 Å².